The molecule has 2 heterocycles. The van der Waals surface area contributed by atoms with Crippen molar-refractivity contribution in [1.82, 2.24) is 24.5 Å². The molecule has 0 aliphatic rings. The Balaban J connectivity index is 1.92. The van der Waals surface area contributed by atoms with Gasteiger partial charge in [0.2, 0.25) is 0 Å². The highest BCUT2D eigenvalue weighted by Gasteiger charge is 2.05. The monoisotopic (exact) mass is 326 g/mol. The van der Waals surface area contributed by atoms with Crippen LogP contribution in [0.3, 0.4) is 0 Å². The SMILES string of the molecule is CN(C)C=Nc1nc2nccc(C=Cc3ccc(Cl)cc3)n2n1. The third-order valence-electron chi connectivity index (χ3n) is 2.98. The Morgan fingerprint density at radius 2 is 1.91 bits per heavy atom. The zero-order valence-electron chi connectivity index (χ0n) is 12.8. The Labute approximate surface area is 138 Å². The number of aromatic nitrogens is 4. The number of hydrogen-bond acceptors (Lipinski definition) is 4. The zero-order valence-corrected chi connectivity index (χ0v) is 13.5. The average Bonchev–Trinajstić information content (AvgIpc) is 2.96. The Bertz CT molecular complexity index is 864. The molecule has 7 heteroatoms. The van der Waals surface area contributed by atoms with E-state index in [-0.39, 0.29) is 0 Å². The molecule has 0 atom stereocenters. The summed E-state index contributed by atoms with van der Waals surface area (Å²) in [5, 5.41) is 5.07. The summed E-state index contributed by atoms with van der Waals surface area (Å²) in [4.78, 5) is 14.5. The first kappa shape index (κ1) is 15.2. The largest absolute Gasteiger partial charge is 0.369 e. The van der Waals surface area contributed by atoms with Gasteiger partial charge < -0.3 is 4.90 Å². The summed E-state index contributed by atoms with van der Waals surface area (Å²) in [6.07, 6.45) is 7.28. The Hall–Kier alpha value is -2.73. The molecule has 3 rings (SSSR count). The first-order valence-electron chi connectivity index (χ1n) is 6.98. The lowest BCUT2D eigenvalue weighted by molar-refractivity contribution is 0.642. The molecule has 0 aliphatic carbocycles. The maximum atomic E-state index is 5.89. The summed E-state index contributed by atoms with van der Waals surface area (Å²) in [7, 11) is 3.77. The average molecular weight is 327 g/mol. The highest BCUT2D eigenvalue weighted by molar-refractivity contribution is 6.30. The van der Waals surface area contributed by atoms with Crippen molar-refractivity contribution in [3.63, 3.8) is 0 Å². The lowest BCUT2D eigenvalue weighted by atomic mass is 10.2. The van der Waals surface area contributed by atoms with Crippen molar-refractivity contribution in [2.45, 2.75) is 0 Å². The van der Waals surface area contributed by atoms with Crippen LogP contribution >= 0.6 is 11.6 Å². The molecule has 0 amide bonds. The Kier molecular flexibility index (Phi) is 4.34. The van der Waals surface area contributed by atoms with E-state index in [0.717, 1.165) is 11.3 Å². The van der Waals surface area contributed by atoms with Crippen LogP contribution in [0.4, 0.5) is 5.95 Å². The Morgan fingerprint density at radius 3 is 2.65 bits per heavy atom. The minimum atomic E-state index is 0.374. The maximum absolute atomic E-state index is 5.89. The molecule has 6 nitrogen and oxygen atoms in total. The quantitative estimate of drug-likeness (QED) is 0.546. The molecular formula is C16H15ClN6. The van der Waals surface area contributed by atoms with Crippen molar-refractivity contribution >= 4 is 41.8 Å². The molecular weight excluding hydrogens is 312 g/mol. The van der Waals surface area contributed by atoms with E-state index >= 15 is 0 Å². The minimum absolute atomic E-state index is 0.374. The van der Waals surface area contributed by atoms with Crippen LogP contribution < -0.4 is 0 Å². The summed E-state index contributed by atoms with van der Waals surface area (Å²) < 4.78 is 1.66. The molecule has 0 saturated heterocycles. The van der Waals surface area contributed by atoms with Gasteiger partial charge in [-0.2, -0.15) is 9.50 Å². The van der Waals surface area contributed by atoms with E-state index in [1.807, 2.05) is 61.5 Å². The van der Waals surface area contributed by atoms with Crippen molar-refractivity contribution in [3.8, 4) is 0 Å². The fraction of sp³-hybridized carbons (Fsp3) is 0.125. The first-order chi connectivity index (χ1) is 11.1. The molecule has 0 N–H and O–H groups in total. The third kappa shape index (κ3) is 3.73. The van der Waals surface area contributed by atoms with Gasteiger partial charge in [0.1, 0.15) is 0 Å². The van der Waals surface area contributed by atoms with E-state index < -0.39 is 0 Å². The summed E-state index contributed by atoms with van der Waals surface area (Å²) in [5.74, 6) is 0.882. The maximum Gasteiger partial charge on any atom is 0.272 e. The van der Waals surface area contributed by atoms with Crippen molar-refractivity contribution in [1.29, 1.82) is 0 Å². The van der Waals surface area contributed by atoms with Crippen molar-refractivity contribution in [2.24, 2.45) is 4.99 Å². The van der Waals surface area contributed by atoms with Gasteiger partial charge in [-0.25, -0.2) is 9.98 Å². The molecule has 23 heavy (non-hydrogen) atoms. The third-order valence-corrected chi connectivity index (χ3v) is 3.23. The molecule has 1 aromatic carbocycles. The number of fused-ring (bicyclic) bond motifs is 1. The number of rotatable bonds is 4. The lowest BCUT2D eigenvalue weighted by Gasteiger charge is -1.99. The number of halogens is 1. The van der Waals surface area contributed by atoms with Crippen molar-refractivity contribution in [2.75, 3.05) is 14.1 Å². The highest BCUT2D eigenvalue weighted by atomic mass is 35.5. The normalized spacial score (nSPS) is 11.8. The van der Waals surface area contributed by atoms with Crippen molar-refractivity contribution in [3.05, 3.63) is 52.8 Å². The molecule has 0 unspecified atom stereocenters. The molecule has 3 aromatic rings. The Morgan fingerprint density at radius 1 is 1.13 bits per heavy atom. The van der Waals surface area contributed by atoms with E-state index in [0.29, 0.717) is 16.7 Å². The van der Waals surface area contributed by atoms with Gasteiger partial charge in [0.05, 0.1) is 12.0 Å². The first-order valence-corrected chi connectivity index (χ1v) is 7.36. The van der Waals surface area contributed by atoms with Crippen LogP contribution in [-0.2, 0) is 0 Å². The molecule has 0 aliphatic heterocycles. The van der Waals surface area contributed by atoms with Crippen LogP contribution in [0.25, 0.3) is 17.9 Å². The number of nitrogens with zero attached hydrogens (tertiary/aromatic N) is 6. The van der Waals surface area contributed by atoms with Gasteiger partial charge in [-0.05, 0) is 29.8 Å². The topological polar surface area (TPSA) is 58.7 Å². The fourth-order valence-electron chi connectivity index (χ4n) is 1.90. The van der Waals surface area contributed by atoms with Crippen LogP contribution in [-0.4, -0.2) is 44.9 Å². The van der Waals surface area contributed by atoms with Gasteiger partial charge in [-0.15, -0.1) is 5.10 Å². The molecule has 2 aromatic heterocycles. The number of aliphatic imine (C=N–C) groups is 1. The number of benzene rings is 1. The summed E-state index contributed by atoms with van der Waals surface area (Å²) in [5.41, 5.74) is 1.91. The van der Waals surface area contributed by atoms with E-state index in [9.17, 15) is 0 Å². The molecule has 0 saturated carbocycles. The van der Waals surface area contributed by atoms with E-state index in [1.165, 1.54) is 0 Å². The second-order valence-electron chi connectivity index (χ2n) is 5.09. The summed E-state index contributed by atoms with van der Waals surface area (Å²) in [6.45, 7) is 0. The van der Waals surface area contributed by atoms with Crippen LogP contribution in [0, 0.1) is 0 Å². The predicted molar refractivity (Wildman–Crippen MR) is 93.0 cm³/mol. The van der Waals surface area contributed by atoms with Gasteiger partial charge in [0, 0.05) is 25.3 Å². The second kappa shape index (κ2) is 6.58. The van der Waals surface area contributed by atoms with E-state index in [1.54, 1.807) is 17.1 Å². The van der Waals surface area contributed by atoms with Gasteiger partial charge >= 0.3 is 0 Å². The lowest BCUT2D eigenvalue weighted by Crippen LogP contribution is -2.07. The number of hydrogen-bond donors (Lipinski definition) is 0. The van der Waals surface area contributed by atoms with Crippen molar-refractivity contribution < 1.29 is 0 Å². The van der Waals surface area contributed by atoms with Gasteiger partial charge in [-0.1, -0.05) is 29.8 Å². The molecule has 0 bridgehead atoms. The van der Waals surface area contributed by atoms with E-state index in [4.69, 9.17) is 11.6 Å². The van der Waals surface area contributed by atoms with Crippen LogP contribution in [0.15, 0.2) is 41.5 Å². The minimum Gasteiger partial charge on any atom is -0.369 e. The van der Waals surface area contributed by atoms with E-state index in [2.05, 4.69) is 20.1 Å². The highest BCUT2D eigenvalue weighted by Crippen LogP contribution is 2.14. The summed E-state index contributed by atoms with van der Waals surface area (Å²) in [6, 6.07) is 9.48. The second-order valence-corrected chi connectivity index (χ2v) is 5.52. The van der Waals surface area contributed by atoms with Gasteiger partial charge in [0.15, 0.2) is 0 Å². The summed E-state index contributed by atoms with van der Waals surface area (Å²) >= 11 is 5.89. The molecule has 116 valence electrons. The van der Waals surface area contributed by atoms with Crippen LogP contribution in [0.2, 0.25) is 5.02 Å². The van der Waals surface area contributed by atoms with Crippen LogP contribution in [0.1, 0.15) is 11.3 Å². The fourth-order valence-corrected chi connectivity index (χ4v) is 2.03. The molecule has 0 fully saturated rings. The zero-order chi connectivity index (χ0) is 16.2. The molecule has 0 spiro atoms. The molecule has 0 radical (unpaired) electrons. The standard InChI is InChI=1S/C16H15ClN6/c1-22(2)11-19-15-20-16-18-10-9-14(23(16)21-15)8-5-12-3-6-13(17)7-4-12/h3-11H,1-2H3. The van der Waals surface area contributed by atoms with Gasteiger partial charge in [-0.3, -0.25) is 0 Å². The smallest absolute Gasteiger partial charge is 0.272 e. The van der Waals surface area contributed by atoms with Crippen LogP contribution in [0.5, 0.6) is 0 Å². The predicted octanol–water partition coefficient (Wildman–Crippen LogP) is 3.17. The van der Waals surface area contributed by atoms with Gasteiger partial charge in [0.25, 0.3) is 11.7 Å².